The van der Waals surface area contributed by atoms with E-state index in [0.717, 1.165) is 31.0 Å². The van der Waals surface area contributed by atoms with E-state index in [0.29, 0.717) is 30.0 Å². The number of rotatable bonds is 4. The molecule has 2 atom stereocenters. The number of hydrogen-bond donors (Lipinski definition) is 2. The Morgan fingerprint density at radius 2 is 1.89 bits per heavy atom. The number of hydrogen-bond acceptors (Lipinski definition) is 8. The van der Waals surface area contributed by atoms with Crippen molar-refractivity contribution in [2.24, 2.45) is 5.41 Å². The van der Waals surface area contributed by atoms with Crippen LogP contribution in [-0.2, 0) is 14.7 Å². The van der Waals surface area contributed by atoms with E-state index in [1.807, 2.05) is 0 Å². The molecule has 1 aromatic rings. The normalized spacial score (nSPS) is 30.1. The van der Waals surface area contributed by atoms with Crippen LogP contribution in [0.2, 0.25) is 0 Å². The smallest absolute Gasteiger partial charge is 0.418 e. The maximum Gasteiger partial charge on any atom is 0.418 e. The van der Waals surface area contributed by atoms with Gasteiger partial charge in [0.1, 0.15) is 6.04 Å². The van der Waals surface area contributed by atoms with E-state index in [1.54, 1.807) is 0 Å². The zero-order chi connectivity index (χ0) is 19.5. The third-order valence-corrected chi connectivity index (χ3v) is 6.96. The molecule has 154 valence electrons. The number of piperidine rings is 2. The Morgan fingerprint density at radius 3 is 2.61 bits per heavy atom. The van der Waals surface area contributed by atoms with E-state index in [1.165, 1.54) is 17.7 Å². The summed E-state index contributed by atoms with van der Waals surface area (Å²) in [7, 11) is -4.76. The summed E-state index contributed by atoms with van der Waals surface area (Å²) in [5.74, 6) is 1.27. The molecule has 2 N–H and O–H groups in total. The Kier molecular flexibility index (Phi) is 4.16. The molecule has 4 heterocycles. The summed E-state index contributed by atoms with van der Waals surface area (Å²) in [6.07, 6.45) is 5.55. The van der Waals surface area contributed by atoms with Crippen molar-refractivity contribution >= 4 is 16.4 Å². The summed E-state index contributed by atoms with van der Waals surface area (Å²) < 4.78 is 41.3. The van der Waals surface area contributed by atoms with Gasteiger partial charge in [-0.15, -0.1) is 14.5 Å². The van der Waals surface area contributed by atoms with E-state index in [9.17, 15) is 13.2 Å². The van der Waals surface area contributed by atoms with Crippen molar-refractivity contribution in [3.63, 3.8) is 0 Å². The summed E-state index contributed by atoms with van der Waals surface area (Å²) >= 11 is 0. The Bertz CT molecular complexity index is 874. The monoisotopic (exact) mass is 413 g/mol. The van der Waals surface area contributed by atoms with Crippen LogP contribution < -0.4 is 5.32 Å². The summed E-state index contributed by atoms with van der Waals surface area (Å²) in [5.41, 5.74) is 0.404. The summed E-state index contributed by atoms with van der Waals surface area (Å²) in [4.78, 5) is 14.0. The number of hydroxylamine groups is 2. The van der Waals surface area contributed by atoms with Gasteiger partial charge in [-0.1, -0.05) is 0 Å². The molecule has 0 radical (unpaired) electrons. The zero-order valence-electron chi connectivity index (χ0n) is 15.3. The van der Waals surface area contributed by atoms with Crippen LogP contribution in [0, 0.1) is 5.41 Å². The number of aromatic nitrogens is 2. The number of urea groups is 1. The quantitative estimate of drug-likeness (QED) is 0.692. The van der Waals surface area contributed by atoms with Crippen LogP contribution in [0.3, 0.4) is 0 Å². The van der Waals surface area contributed by atoms with Crippen molar-refractivity contribution in [3.05, 3.63) is 11.8 Å². The Balaban J connectivity index is 1.27. The molecule has 1 aromatic heterocycles. The molecular weight excluding hydrogens is 390 g/mol. The predicted octanol–water partition coefficient (Wildman–Crippen LogP) is 0.992. The second kappa shape index (κ2) is 6.37. The third kappa shape index (κ3) is 3.08. The van der Waals surface area contributed by atoms with Crippen molar-refractivity contribution in [2.75, 3.05) is 19.6 Å². The topological polar surface area (TPSA) is 138 Å². The fourth-order valence-corrected chi connectivity index (χ4v) is 5.55. The first-order chi connectivity index (χ1) is 13.3. The molecular formula is C16H23N5O6S. The van der Waals surface area contributed by atoms with Gasteiger partial charge in [0.2, 0.25) is 11.8 Å². The van der Waals surface area contributed by atoms with Crippen molar-refractivity contribution in [3.8, 4) is 0 Å². The number of fused-ring (bicyclic) bond motifs is 2. The van der Waals surface area contributed by atoms with Crippen LogP contribution in [0.25, 0.3) is 0 Å². The first-order valence-corrected chi connectivity index (χ1v) is 11.0. The van der Waals surface area contributed by atoms with Crippen LogP contribution >= 0.6 is 0 Å². The molecule has 2 unspecified atom stereocenters. The standard InChI is InChI=1S/C16H23N5O6S/c22-15-20-9-11(21(15)27-28(23,24)25)1-2-12(20)14-19-18-13(26-14)10-7-16(8-10)3-5-17-6-4-16/h10-12,17H,1-9H2,(H,23,24,25). The minimum absolute atomic E-state index is 0.268. The molecule has 5 rings (SSSR count). The van der Waals surface area contributed by atoms with Crippen LogP contribution in [0.1, 0.15) is 62.3 Å². The van der Waals surface area contributed by atoms with Crippen molar-refractivity contribution in [2.45, 2.75) is 56.5 Å². The lowest BCUT2D eigenvalue weighted by atomic mass is 9.58. The van der Waals surface area contributed by atoms with E-state index >= 15 is 0 Å². The van der Waals surface area contributed by atoms with Gasteiger partial charge in [-0.25, -0.2) is 4.79 Å². The van der Waals surface area contributed by atoms with Crippen LogP contribution in [0.5, 0.6) is 0 Å². The highest BCUT2D eigenvalue weighted by molar-refractivity contribution is 7.80. The van der Waals surface area contributed by atoms with E-state index < -0.39 is 28.5 Å². The fraction of sp³-hybridized carbons (Fsp3) is 0.812. The Hall–Kier alpha value is -1.76. The van der Waals surface area contributed by atoms with Gasteiger partial charge in [0, 0.05) is 12.5 Å². The van der Waals surface area contributed by atoms with Gasteiger partial charge in [-0.05, 0) is 57.0 Å². The number of carbonyl (C=O) groups is 1. The summed E-state index contributed by atoms with van der Waals surface area (Å²) in [6, 6.07) is -1.46. The van der Waals surface area contributed by atoms with Crippen molar-refractivity contribution in [1.29, 1.82) is 0 Å². The maximum atomic E-state index is 12.5. The van der Waals surface area contributed by atoms with Crippen molar-refractivity contribution < 1.29 is 26.5 Å². The lowest BCUT2D eigenvalue weighted by Crippen LogP contribution is -2.44. The third-order valence-electron chi connectivity index (χ3n) is 6.61. The second-order valence-corrected chi connectivity index (χ2v) is 9.35. The molecule has 1 saturated carbocycles. The number of nitrogens with one attached hydrogen (secondary N) is 1. The Morgan fingerprint density at radius 1 is 1.18 bits per heavy atom. The average Bonchev–Trinajstić information content (AvgIpc) is 3.20. The van der Waals surface area contributed by atoms with Gasteiger partial charge < -0.3 is 14.6 Å². The maximum absolute atomic E-state index is 12.5. The van der Waals surface area contributed by atoms with Crippen LogP contribution in [-0.4, -0.2) is 64.8 Å². The highest BCUT2D eigenvalue weighted by atomic mass is 32.3. The highest BCUT2D eigenvalue weighted by Crippen LogP contribution is 2.55. The molecule has 12 heteroatoms. The summed E-state index contributed by atoms with van der Waals surface area (Å²) in [5, 5.41) is 12.5. The van der Waals surface area contributed by atoms with Gasteiger partial charge >= 0.3 is 16.4 Å². The van der Waals surface area contributed by atoms with Gasteiger partial charge in [0.05, 0.1) is 6.04 Å². The molecule has 28 heavy (non-hydrogen) atoms. The molecule has 2 bridgehead atoms. The van der Waals surface area contributed by atoms with Gasteiger partial charge in [-0.2, -0.15) is 13.5 Å². The molecule has 11 nitrogen and oxygen atoms in total. The van der Waals surface area contributed by atoms with Crippen LogP contribution in [0.4, 0.5) is 4.79 Å². The number of amides is 2. The minimum Gasteiger partial charge on any atom is -0.423 e. The van der Waals surface area contributed by atoms with E-state index in [2.05, 4.69) is 19.8 Å². The molecule has 3 saturated heterocycles. The lowest BCUT2D eigenvalue weighted by molar-refractivity contribution is -0.0317. The predicted molar refractivity (Wildman–Crippen MR) is 93.1 cm³/mol. The second-order valence-electron chi connectivity index (χ2n) is 8.34. The highest BCUT2D eigenvalue weighted by Gasteiger charge is 2.50. The molecule has 4 aliphatic rings. The molecule has 0 aromatic carbocycles. The molecule has 4 fully saturated rings. The minimum atomic E-state index is -4.76. The van der Waals surface area contributed by atoms with Gasteiger partial charge in [0.15, 0.2) is 0 Å². The lowest BCUT2D eigenvalue weighted by Gasteiger charge is -2.49. The summed E-state index contributed by atoms with van der Waals surface area (Å²) in [6.45, 7) is 2.41. The van der Waals surface area contributed by atoms with E-state index in [4.69, 9.17) is 8.97 Å². The fourth-order valence-electron chi connectivity index (χ4n) is 5.16. The zero-order valence-corrected chi connectivity index (χ0v) is 16.1. The number of carbonyl (C=O) groups excluding carboxylic acids is 1. The van der Waals surface area contributed by atoms with Gasteiger partial charge in [-0.3, -0.25) is 4.55 Å². The molecule has 1 spiro atoms. The van der Waals surface area contributed by atoms with Crippen molar-refractivity contribution in [1.82, 2.24) is 25.5 Å². The largest absolute Gasteiger partial charge is 0.423 e. The van der Waals surface area contributed by atoms with Crippen LogP contribution in [0.15, 0.2) is 4.42 Å². The average molecular weight is 413 g/mol. The first-order valence-electron chi connectivity index (χ1n) is 9.64. The molecule has 2 amide bonds. The SMILES string of the molecule is O=C1N2CC(CCC2c2nnc(C3CC4(CCNCC4)C3)o2)N1OS(=O)(=O)O. The molecule has 1 aliphatic carbocycles. The number of nitrogens with zero attached hydrogens (tertiary/aromatic N) is 4. The molecule has 3 aliphatic heterocycles. The first kappa shape index (κ1) is 18.3. The Labute approximate surface area is 162 Å². The van der Waals surface area contributed by atoms with Gasteiger partial charge in [0.25, 0.3) is 0 Å². The van der Waals surface area contributed by atoms with E-state index in [-0.39, 0.29) is 12.5 Å².